The van der Waals surface area contributed by atoms with Gasteiger partial charge in [0.1, 0.15) is 18.1 Å². The number of fused-ring (bicyclic) bond motifs is 1. The molecular weight excluding hydrogens is 450 g/mol. The Bertz CT molecular complexity index is 1070. The molecule has 1 aliphatic rings. The first kappa shape index (κ1) is 25.1. The number of alkyl halides is 2. The van der Waals surface area contributed by atoms with Crippen LogP contribution < -0.4 is 14.2 Å². The topological polar surface area (TPSA) is 67.9 Å². The van der Waals surface area contributed by atoms with Crippen LogP contribution in [0.2, 0.25) is 0 Å². The Morgan fingerprint density at radius 1 is 1.09 bits per heavy atom. The fourth-order valence-corrected chi connectivity index (χ4v) is 4.90. The van der Waals surface area contributed by atoms with Crippen molar-refractivity contribution in [1.82, 2.24) is 9.62 Å². The lowest BCUT2D eigenvalue weighted by Crippen LogP contribution is -2.28. The molecule has 0 aliphatic heterocycles. The minimum atomic E-state index is -3.72. The number of halogens is 2. The highest BCUT2D eigenvalue weighted by Crippen LogP contribution is 2.30. The number of hydrogen-bond acceptors (Lipinski definition) is 5. The molecule has 0 atom stereocenters. The number of benzene rings is 2. The Labute approximate surface area is 194 Å². The van der Waals surface area contributed by atoms with Crippen LogP contribution in [-0.4, -0.2) is 46.2 Å². The lowest BCUT2D eigenvalue weighted by molar-refractivity contribution is -0.0498. The van der Waals surface area contributed by atoms with Crippen molar-refractivity contribution in [3.63, 3.8) is 0 Å². The number of nitrogens with one attached hydrogen (secondary N) is 1. The molecule has 0 bridgehead atoms. The zero-order valence-electron chi connectivity index (χ0n) is 18.9. The van der Waals surface area contributed by atoms with Crippen LogP contribution in [0.5, 0.6) is 11.5 Å². The van der Waals surface area contributed by atoms with Gasteiger partial charge in [-0.1, -0.05) is 38.1 Å². The minimum absolute atomic E-state index is 0.0687. The molecule has 9 heteroatoms. The van der Waals surface area contributed by atoms with E-state index in [-0.39, 0.29) is 23.6 Å². The highest BCUT2D eigenvalue weighted by molar-refractivity contribution is 7.93. The first-order valence-corrected chi connectivity index (χ1v) is 12.5. The van der Waals surface area contributed by atoms with Crippen molar-refractivity contribution in [2.45, 2.75) is 39.8 Å². The number of hydrogen-bond donors (Lipinski definition) is 1. The smallest absolute Gasteiger partial charge is 0.387 e. The summed E-state index contributed by atoms with van der Waals surface area (Å²) >= 11 is 0. The van der Waals surface area contributed by atoms with Crippen LogP contribution in [-0.2, 0) is 23.0 Å². The van der Waals surface area contributed by atoms with E-state index in [1.54, 1.807) is 12.1 Å². The molecular formula is C24H30F2N2O4S. The van der Waals surface area contributed by atoms with E-state index in [9.17, 15) is 17.2 Å². The van der Waals surface area contributed by atoms with Gasteiger partial charge in [-0.05, 0) is 61.3 Å². The van der Waals surface area contributed by atoms with Crippen molar-refractivity contribution < 1.29 is 26.7 Å². The van der Waals surface area contributed by atoms with Gasteiger partial charge in [-0.3, -0.25) is 0 Å². The van der Waals surface area contributed by atoms with E-state index in [4.69, 9.17) is 4.74 Å². The van der Waals surface area contributed by atoms with E-state index in [1.807, 2.05) is 24.3 Å². The number of rotatable bonds is 12. The van der Waals surface area contributed by atoms with Crippen molar-refractivity contribution in [2.75, 3.05) is 26.2 Å². The van der Waals surface area contributed by atoms with Crippen LogP contribution in [0.25, 0.3) is 6.08 Å². The third-order valence-electron chi connectivity index (χ3n) is 5.63. The molecule has 0 amide bonds. The molecule has 1 aliphatic carbocycles. The summed E-state index contributed by atoms with van der Waals surface area (Å²) in [4.78, 5) is 2.51. The summed E-state index contributed by atoms with van der Waals surface area (Å²) in [7, 11) is -3.72. The normalized spacial score (nSPS) is 13.7. The van der Waals surface area contributed by atoms with E-state index >= 15 is 0 Å². The van der Waals surface area contributed by atoms with Gasteiger partial charge in [0.2, 0.25) is 10.0 Å². The summed E-state index contributed by atoms with van der Waals surface area (Å²) in [6.07, 6.45) is 2.29. The van der Waals surface area contributed by atoms with Gasteiger partial charge in [0.15, 0.2) is 0 Å². The van der Waals surface area contributed by atoms with E-state index in [2.05, 4.69) is 28.2 Å². The zero-order valence-corrected chi connectivity index (χ0v) is 19.7. The number of sulfonamides is 1. The van der Waals surface area contributed by atoms with Crippen molar-refractivity contribution >= 4 is 16.1 Å². The second kappa shape index (κ2) is 11.6. The summed E-state index contributed by atoms with van der Waals surface area (Å²) in [5.41, 5.74) is 2.22. The zero-order chi connectivity index (χ0) is 23.8. The van der Waals surface area contributed by atoms with Gasteiger partial charge in [-0.2, -0.15) is 8.78 Å². The lowest BCUT2D eigenvalue weighted by Gasteiger charge is -2.20. The van der Waals surface area contributed by atoms with Crippen molar-refractivity contribution in [3.8, 4) is 11.5 Å². The summed E-state index contributed by atoms with van der Waals surface area (Å²) in [6.45, 7) is 4.61. The highest BCUT2D eigenvalue weighted by atomic mass is 32.2. The molecule has 3 rings (SSSR count). The third kappa shape index (κ3) is 6.99. The van der Waals surface area contributed by atoms with Gasteiger partial charge < -0.3 is 14.4 Å². The molecule has 0 saturated heterocycles. The second-order valence-corrected chi connectivity index (χ2v) is 9.48. The summed E-state index contributed by atoms with van der Waals surface area (Å²) in [5, 5.41) is 0. The summed E-state index contributed by atoms with van der Waals surface area (Å²) in [6, 6.07) is 11.9. The van der Waals surface area contributed by atoms with Gasteiger partial charge in [0.05, 0.1) is 4.91 Å². The van der Waals surface area contributed by atoms with Crippen molar-refractivity contribution in [1.29, 1.82) is 0 Å². The van der Waals surface area contributed by atoms with Gasteiger partial charge >= 0.3 is 6.61 Å². The Kier molecular flexibility index (Phi) is 8.82. The predicted octanol–water partition coefficient (Wildman–Crippen LogP) is 4.42. The number of allylic oxidation sites excluding steroid dienone is 1. The monoisotopic (exact) mass is 480 g/mol. The van der Waals surface area contributed by atoms with Gasteiger partial charge in [-0.25, -0.2) is 13.1 Å². The van der Waals surface area contributed by atoms with Crippen molar-refractivity contribution in [2.24, 2.45) is 0 Å². The largest absolute Gasteiger partial charge is 0.492 e. The molecule has 0 unspecified atom stereocenters. The SMILES string of the molecule is CCN(CC)CCOc1ccccc1CNS(=O)(=O)C1=Cc2ccc(OC(F)F)cc2CC1. The van der Waals surface area contributed by atoms with E-state index < -0.39 is 16.6 Å². The maximum Gasteiger partial charge on any atom is 0.387 e. The standard InChI is InChI=1S/C24H30F2N2O4S/c1-3-28(4-2)13-14-31-23-8-6-5-7-20(23)17-27-33(29,30)22-12-10-18-15-21(32-24(25)26)11-9-19(18)16-22/h5-9,11,15-16,24,27H,3-4,10,12-14,17H2,1-2H3. The molecule has 0 saturated carbocycles. The van der Waals surface area contributed by atoms with Crippen molar-refractivity contribution in [3.05, 3.63) is 64.1 Å². The maximum atomic E-state index is 12.9. The van der Waals surface area contributed by atoms with Crippen LogP contribution in [0.3, 0.4) is 0 Å². The molecule has 1 N–H and O–H groups in total. The fourth-order valence-electron chi connectivity index (χ4n) is 3.71. The third-order valence-corrected chi connectivity index (χ3v) is 7.16. The Morgan fingerprint density at radius 2 is 1.85 bits per heavy atom. The highest BCUT2D eigenvalue weighted by Gasteiger charge is 2.22. The van der Waals surface area contributed by atoms with Crippen LogP contribution in [0, 0.1) is 0 Å². The maximum absolute atomic E-state index is 12.9. The first-order valence-electron chi connectivity index (χ1n) is 11.0. The molecule has 33 heavy (non-hydrogen) atoms. The number of para-hydroxylation sites is 1. The first-order chi connectivity index (χ1) is 15.8. The molecule has 0 spiro atoms. The quantitative estimate of drug-likeness (QED) is 0.487. The lowest BCUT2D eigenvalue weighted by atomic mass is 9.97. The van der Waals surface area contributed by atoms with Crippen LogP contribution in [0.4, 0.5) is 8.78 Å². The number of likely N-dealkylation sites (N-methyl/N-ethyl adjacent to an activating group) is 1. The van der Waals surface area contributed by atoms with Gasteiger partial charge in [-0.15, -0.1) is 0 Å². The van der Waals surface area contributed by atoms with Crippen LogP contribution in [0.15, 0.2) is 47.4 Å². The molecule has 180 valence electrons. The van der Waals surface area contributed by atoms with E-state index in [0.29, 0.717) is 24.3 Å². The minimum Gasteiger partial charge on any atom is -0.492 e. The Hall–Kier alpha value is -2.49. The Balaban J connectivity index is 1.65. The number of aryl methyl sites for hydroxylation is 1. The van der Waals surface area contributed by atoms with Crippen LogP contribution >= 0.6 is 0 Å². The molecule has 0 aromatic heterocycles. The van der Waals surface area contributed by atoms with E-state index in [1.165, 1.54) is 12.1 Å². The predicted molar refractivity (Wildman–Crippen MR) is 125 cm³/mol. The average Bonchev–Trinajstić information content (AvgIpc) is 2.80. The van der Waals surface area contributed by atoms with Gasteiger partial charge in [0.25, 0.3) is 0 Å². The van der Waals surface area contributed by atoms with Crippen LogP contribution in [0.1, 0.15) is 37.0 Å². The second-order valence-electron chi connectivity index (χ2n) is 7.66. The average molecular weight is 481 g/mol. The summed E-state index contributed by atoms with van der Waals surface area (Å²) in [5.74, 6) is 0.723. The number of ether oxygens (including phenoxy) is 2. The Morgan fingerprint density at radius 3 is 2.58 bits per heavy atom. The molecule has 2 aromatic rings. The molecule has 0 radical (unpaired) electrons. The van der Waals surface area contributed by atoms with E-state index in [0.717, 1.165) is 30.8 Å². The molecule has 6 nitrogen and oxygen atoms in total. The fraction of sp³-hybridized carbons (Fsp3) is 0.417. The van der Waals surface area contributed by atoms with Gasteiger partial charge in [0, 0.05) is 18.7 Å². The molecule has 0 heterocycles. The summed E-state index contributed by atoms with van der Waals surface area (Å²) < 4.78 is 63.7. The molecule has 2 aromatic carbocycles. The number of nitrogens with zero attached hydrogens (tertiary/aromatic N) is 1. The molecule has 0 fully saturated rings.